The quantitative estimate of drug-likeness (QED) is 0.595. The van der Waals surface area contributed by atoms with Gasteiger partial charge >= 0.3 is 0 Å². The molecule has 2 heterocycles. The molecule has 1 unspecified atom stereocenters. The van der Waals surface area contributed by atoms with Gasteiger partial charge in [-0.25, -0.2) is 4.98 Å². The summed E-state index contributed by atoms with van der Waals surface area (Å²) in [4.78, 5) is 7.90. The van der Waals surface area contributed by atoms with E-state index in [1.165, 1.54) is 12.6 Å². The molecule has 0 spiro atoms. The normalized spacial score (nSPS) is 17.1. The molecule has 1 fully saturated rings. The van der Waals surface area contributed by atoms with Crippen molar-refractivity contribution in [3.8, 4) is 17.2 Å². The molecule has 27 heavy (non-hydrogen) atoms. The summed E-state index contributed by atoms with van der Waals surface area (Å²) in [7, 11) is 0. The Morgan fingerprint density at radius 3 is 2.70 bits per heavy atom. The monoisotopic (exact) mass is 484 g/mol. The van der Waals surface area contributed by atoms with E-state index in [-0.39, 0.29) is 23.8 Å². The lowest BCUT2D eigenvalue weighted by molar-refractivity contribution is -0.0112. The van der Waals surface area contributed by atoms with Crippen molar-refractivity contribution in [2.24, 2.45) is 0 Å². The first-order chi connectivity index (χ1) is 12.9. The van der Waals surface area contributed by atoms with Crippen LogP contribution in [0.2, 0.25) is 0 Å². The Kier molecular flexibility index (Phi) is 6.59. The van der Waals surface area contributed by atoms with Gasteiger partial charge in [-0.05, 0) is 59.9 Å². The van der Waals surface area contributed by atoms with E-state index < -0.39 is 0 Å². The van der Waals surface area contributed by atoms with E-state index in [1.807, 2.05) is 12.1 Å². The number of halogens is 1. The van der Waals surface area contributed by atoms with E-state index in [0.29, 0.717) is 18.1 Å². The summed E-state index contributed by atoms with van der Waals surface area (Å²) in [6.45, 7) is 5.59. The highest BCUT2D eigenvalue weighted by molar-refractivity contribution is 14.1. The van der Waals surface area contributed by atoms with Gasteiger partial charge in [-0.1, -0.05) is 13.8 Å². The summed E-state index contributed by atoms with van der Waals surface area (Å²) in [5.41, 5.74) is 12.5. The van der Waals surface area contributed by atoms with Crippen LogP contribution in [0, 0.1) is 3.57 Å². The molecule has 4 N–H and O–H groups in total. The van der Waals surface area contributed by atoms with Gasteiger partial charge in [0.25, 0.3) is 0 Å². The number of hydrogen-bond donors (Lipinski definition) is 2. The molecule has 1 aromatic carbocycles. The first-order valence-electron chi connectivity index (χ1n) is 9.07. The average molecular weight is 484 g/mol. The van der Waals surface area contributed by atoms with Crippen LogP contribution < -0.4 is 20.9 Å². The number of rotatable bonds is 6. The largest absolute Gasteiger partial charge is 0.490 e. The van der Waals surface area contributed by atoms with Crippen molar-refractivity contribution in [1.29, 1.82) is 0 Å². The number of anilines is 2. The third kappa shape index (κ3) is 5.13. The lowest BCUT2D eigenvalue weighted by atomic mass is 10.0. The number of nitrogens with zero attached hydrogens (tertiary/aromatic N) is 2. The maximum atomic E-state index is 6.06. The van der Waals surface area contributed by atoms with Gasteiger partial charge in [0.15, 0.2) is 11.6 Å². The van der Waals surface area contributed by atoms with Crippen molar-refractivity contribution in [3.05, 3.63) is 27.5 Å². The van der Waals surface area contributed by atoms with E-state index in [9.17, 15) is 0 Å². The maximum absolute atomic E-state index is 6.06. The van der Waals surface area contributed by atoms with E-state index in [2.05, 4.69) is 46.4 Å². The molecule has 3 rings (SSSR count). The second kappa shape index (κ2) is 8.92. The van der Waals surface area contributed by atoms with E-state index in [0.717, 1.165) is 34.3 Å². The van der Waals surface area contributed by atoms with E-state index in [4.69, 9.17) is 25.7 Å². The molecule has 0 saturated carbocycles. The number of nitrogen functional groups attached to an aromatic ring is 2. The first kappa shape index (κ1) is 19.9. The van der Waals surface area contributed by atoms with Crippen LogP contribution in [0.4, 0.5) is 11.8 Å². The lowest BCUT2D eigenvalue weighted by Gasteiger charge is -2.23. The average Bonchev–Trinajstić information content (AvgIpc) is 2.64. The molecule has 1 atom stereocenters. The highest BCUT2D eigenvalue weighted by Gasteiger charge is 2.18. The summed E-state index contributed by atoms with van der Waals surface area (Å²) in [6, 6.07) is 3.97. The lowest BCUT2D eigenvalue weighted by Crippen LogP contribution is -2.26. The van der Waals surface area contributed by atoms with Crippen LogP contribution in [0.3, 0.4) is 0 Å². The van der Waals surface area contributed by atoms with Gasteiger partial charge in [-0.2, -0.15) is 4.98 Å². The van der Waals surface area contributed by atoms with Gasteiger partial charge in [-0.3, -0.25) is 0 Å². The summed E-state index contributed by atoms with van der Waals surface area (Å²) in [5, 5.41) is 0. The standard InChI is InChI=1S/C19H25IN4O3/c1-11(2)13-7-16(26-10-12-5-3-4-6-25-12)14(20)8-15(13)27-17-9-23-19(22)24-18(17)21/h7-9,11-12H,3-6,10H2,1-2H3,(H4,21,22,23,24). The van der Waals surface area contributed by atoms with Crippen molar-refractivity contribution in [2.45, 2.75) is 45.1 Å². The zero-order valence-corrected chi connectivity index (χ0v) is 17.7. The second-order valence-electron chi connectivity index (χ2n) is 6.85. The predicted octanol–water partition coefficient (Wildman–Crippen LogP) is 4.11. The van der Waals surface area contributed by atoms with Crippen LogP contribution in [-0.4, -0.2) is 29.3 Å². The molecular weight excluding hydrogens is 459 g/mol. The van der Waals surface area contributed by atoms with Crippen molar-refractivity contribution >= 4 is 34.4 Å². The molecule has 7 nitrogen and oxygen atoms in total. The highest BCUT2D eigenvalue weighted by Crippen LogP contribution is 2.38. The van der Waals surface area contributed by atoms with Crippen molar-refractivity contribution in [2.75, 3.05) is 24.7 Å². The maximum Gasteiger partial charge on any atom is 0.222 e. The summed E-state index contributed by atoms with van der Waals surface area (Å²) in [5.74, 6) is 2.49. The van der Waals surface area contributed by atoms with Crippen molar-refractivity contribution in [3.63, 3.8) is 0 Å². The van der Waals surface area contributed by atoms with Crippen LogP contribution in [0.1, 0.15) is 44.6 Å². The van der Waals surface area contributed by atoms with Gasteiger partial charge in [-0.15, -0.1) is 0 Å². The van der Waals surface area contributed by atoms with Crippen LogP contribution >= 0.6 is 22.6 Å². The third-order valence-corrected chi connectivity index (χ3v) is 5.25. The zero-order valence-electron chi connectivity index (χ0n) is 15.6. The molecule has 1 saturated heterocycles. The van der Waals surface area contributed by atoms with Gasteiger partial charge < -0.3 is 25.7 Å². The van der Waals surface area contributed by atoms with Gasteiger partial charge in [0.05, 0.1) is 15.9 Å². The molecule has 0 radical (unpaired) electrons. The van der Waals surface area contributed by atoms with Crippen LogP contribution in [0.5, 0.6) is 17.2 Å². The molecule has 1 aromatic heterocycles. The minimum atomic E-state index is 0.118. The molecule has 0 aliphatic carbocycles. The summed E-state index contributed by atoms with van der Waals surface area (Å²) in [6.07, 6.45) is 5.03. The number of benzene rings is 1. The minimum absolute atomic E-state index is 0.118. The summed E-state index contributed by atoms with van der Waals surface area (Å²) < 4.78 is 18.8. The number of ether oxygens (including phenoxy) is 3. The summed E-state index contributed by atoms with van der Waals surface area (Å²) >= 11 is 2.25. The molecule has 8 heteroatoms. The SMILES string of the molecule is CC(C)c1cc(OCC2CCCCO2)c(I)cc1Oc1cnc(N)nc1N. The first-order valence-corrected chi connectivity index (χ1v) is 10.2. The molecule has 0 amide bonds. The van der Waals surface area contributed by atoms with Crippen LogP contribution in [-0.2, 0) is 4.74 Å². The van der Waals surface area contributed by atoms with E-state index in [1.54, 1.807) is 0 Å². The van der Waals surface area contributed by atoms with Crippen LogP contribution in [0.25, 0.3) is 0 Å². The zero-order chi connectivity index (χ0) is 19.4. The fourth-order valence-electron chi connectivity index (χ4n) is 2.92. The molecule has 0 bridgehead atoms. The highest BCUT2D eigenvalue weighted by atomic mass is 127. The number of hydrogen-bond acceptors (Lipinski definition) is 7. The smallest absolute Gasteiger partial charge is 0.222 e. The molecule has 1 aliphatic rings. The molecule has 1 aliphatic heterocycles. The Morgan fingerprint density at radius 1 is 1.22 bits per heavy atom. The predicted molar refractivity (Wildman–Crippen MR) is 113 cm³/mol. The topological polar surface area (TPSA) is 106 Å². The Hall–Kier alpha value is -1.81. The molecule has 146 valence electrons. The number of aromatic nitrogens is 2. The fourth-order valence-corrected chi connectivity index (χ4v) is 3.51. The second-order valence-corrected chi connectivity index (χ2v) is 8.02. The Balaban J connectivity index is 1.81. The Bertz CT molecular complexity index is 795. The van der Waals surface area contributed by atoms with Gasteiger partial charge in [0, 0.05) is 12.2 Å². The third-order valence-electron chi connectivity index (χ3n) is 4.41. The minimum Gasteiger partial charge on any atom is -0.490 e. The Labute approximate surface area is 172 Å². The molecular formula is C19H25IN4O3. The van der Waals surface area contributed by atoms with E-state index >= 15 is 0 Å². The van der Waals surface area contributed by atoms with Gasteiger partial charge in [0.2, 0.25) is 5.95 Å². The van der Waals surface area contributed by atoms with Crippen molar-refractivity contribution in [1.82, 2.24) is 9.97 Å². The van der Waals surface area contributed by atoms with Crippen molar-refractivity contribution < 1.29 is 14.2 Å². The molecule has 2 aromatic rings. The number of nitrogens with two attached hydrogens (primary N) is 2. The Morgan fingerprint density at radius 2 is 2.04 bits per heavy atom. The van der Waals surface area contributed by atoms with Gasteiger partial charge in [0.1, 0.15) is 18.1 Å². The fraction of sp³-hybridized carbons (Fsp3) is 0.474. The van der Waals surface area contributed by atoms with Crippen LogP contribution in [0.15, 0.2) is 18.3 Å².